The lowest BCUT2D eigenvalue weighted by molar-refractivity contribution is -0.0450. The molecule has 0 radical (unpaired) electrons. The zero-order chi connectivity index (χ0) is 20.8. The molecule has 4 aliphatic carbocycles. The van der Waals surface area contributed by atoms with Crippen molar-refractivity contribution in [2.45, 2.75) is 56.5 Å². The van der Waals surface area contributed by atoms with E-state index in [0.717, 1.165) is 37.8 Å². The average molecular weight is 407 g/mol. The molecule has 4 aliphatic rings. The molecule has 156 valence electrons. The Labute approximate surface area is 174 Å². The van der Waals surface area contributed by atoms with E-state index in [-0.39, 0.29) is 23.0 Å². The first kappa shape index (κ1) is 19.0. The molecule has 0 aliphatic heterocycles. The molecule has 4 saturated carbocycles. The molecule has 2 aromatic heterocycles. The third-order valence-electron chi connectivity index (χ3n) is 6.66. The summed E-state index contributed by atoms with van der Waals surface area (Å²) in [6, 6.07) is 7.13. The third kappa shape index (κ3) is 3.62. The van der Waals surface area contributed by atoms with Crippen LogP contribution in [0.5, 0.6) is 6.01 Å². The Morgan fingerprint density at radius 1 is 1.00 bits per heavy atom. The van der Waals surface area contributed by atoms with Gasteiger partial charge >= 0.3 is 12.1 Å². The highest BCUT2D eigenvalue weighted by molar-refractivity contribution is 5.92. The number of nitrogens with zero attached hydrogens (tertiary/aromatic N) is 3. The van der Waals surface area contributed by atoms with Crippen molar-refractivity contribution in [2.75, 3.05) is 0 Å². The fourth-order valence-electron chi connectivity index (χ4n) is 6.16. The van der Waals surface area contributed by atoms with Crippen LogP contribution in [0, 0.1) is 18.8 Å². The van der Waals surface area contributed by atoms with E-state index in [1.54, 1.807) is 30.6 Å². The molecule has 2 unspecified atom stereocenters. The van der Waals surface area contributed by atoms with Gasteiger partial charge in [0.2, 0.25) is 0 Å². The van der Waals surface area contributed by atoms with Crippen LogP contribution in [0.25, 0.3) is 0 Å². The van der Waals surface area contributed by atoms with Gasteiger partial charge in [-0.2, -0.15) is 0 Å². The van der Waals surface area contributed by atoms with E-state index in [9.17, 15) is 9.59 Å². The van der Waals surface area contributed by atoms with Crippen molar-refractivity contribution in [3.8, 4) is 6.01 Å². The first-order valence-corrected chi connectivity index (χ1v) is 10.5. The number of carbonyl (C=O) groups is 2. The second-order valence-electron chi connectivity index (χ2n) is 9.19. The summed E-state index contributed by atoms with van der Waals surface area (Å²) in [6.07, 6.45) is 8.23. The molecular weight excluding hydrogens is 382 g/mol. The minimum absolute atomic E-state index is 0.0513. The van der Waals surface area contributed by atoms with E-state index in [1.807, 2.05) is 13.0 Å². The van der Waals surface area contributed by atoms with Gasteiger partial charge in [0, 0.05) is 29.2 Å². The van der Waals surface area contributed by atoms with Crippen LogP contribution in [0.15, 0.2) is 36.7 Å². The van der Waals surface area contributed by atoms with E-state index < -0.39 is 6.09 Å². The van der Waals surface area contributed by atoms with Gasteiger partial charge < -0.3 is 15.4 Å². The van der Waals surface area contributed by atoms with Gasteiger partial charge in [-0.15, -0.1) is 0 Å². The van der Waals surface area contributed by atoms with E-state index in [0.29, 0.717) is 24.0 Å². The number of nitrogens with one attached hydrogen (secondary N) is 2. The van der Waals surface area contributed by atoms with Crippen molar-refractivity contribution in [3.63, 3.8) is 0 Å². The van der Waals surface area contributed by atoms with Crippen LogP contribution in [0.2, 0.25) is 0 Å². The maximum absolute atomic E-state index is 12.8. The van der Waals surface area contributed by atoms with Crippen LogP contribution < -0.4 is 15.4 Å². The lowest BCUT2D eigenvalue weighted by atomic mass is 9.50. The van der Waals surface area contributed by atoms with Crippen molar-refractivity contribution in [1.29, 1.82) is 0 Å². The van der Waals surface area contributed by atoms with Crippen molar-refractivity contribution >= 4 is 12.0 Å². The fraction of sp³-hybridized carbons (Fsp3) is 0.500. The van der Waals surface area contributed by atoms with Crippen molar-refractivity contribution in [2.24, 2.45) is 11.8 Å². The van der Waals surface area contributed by atoms with Gasteiger partial charge in [-0.1, -0.05) is 6.07 Å². The van der Waals surface area contributed by atoms with E-state index >= 15 is 0 Å². The summed E-state index contributed by atoms with van der Waals surface area (Å²) < 4.78 is 5.35. The summed E-state index contributed by atoms with van der Waals surface area (Å²) in [6.45, 7) is 1.82. The minimum Gasteiger partial charge on any atom is -0.374 e. The standard InChI is InChI=1S/C22H25N5O3/c1-14-5-7-24-19(25-14)30-20(29)27-22-11-15-8-16(12-22)10-21(9-15,13-22)26-18(28)17-4-2-3-6-23-17/h2-7,15-16H,8-13H2,1H3,(H,26,28)(H,27,29). The first-order valence-electron chi connectivity index (χ1n) is 10.5. The lowest BCUT2D eigenvalue weighted by Crippen LogP contribution is -2.70. The zero-order valence-electron chi connectivity index (χ0n) is 16.9. The second-order valence-corrected chi connectivity index (χ2v) is 9.19. The topological polar surface area (TPSA) is 106 Å². The van der Waals surface area contributed by atoms with Crippen LogP contribution in [-0.4, -0.2) is 38.0 Å². The predicted octanol–water partition coefficient (Wildman–Crippen LogP) is 2.79. The number of hydrogen-bond donors (Lipinski definition) is 2. The molecule has 30 heavy (non-hydrogen) atoms. The van der Waals surface area contributed by atoms with Crippen molar-refractivity contribution < 1.29 is 14.3 Å². The summed E-state index contributed by atoms with van der Waals surface area (Å²) in [7, 11) is 0. The minimum atomic E-state index is -0.534. The maximum atomic E-state index is 12.8. The molecule has 2 atom stereocenters. The van der Waals surface area contributed by atoms with Crippen LogP contribution in [0.3, 0.4) is 0 Å². The number of aromatic nitrogens is 3. The smallest absolute Gasteiger partial charge is 0.374 e. The molecule has 6 rings (SSSR count). The van der Waals surface area contributed by atoms with Crippen LogP contribution >= 0.6 is 0 Å². The van der Waals surface area contributed by atoms with Crippen LogP contribution in [-0.2, 0) is 0 Å². The third-order valence-corrected chi connectivity index (χ3v) is 6.66. The largest absolute Gasteiger partial charge is 0.415 e. The first-order chi connectivity index (χ1) is 14.4. The molecule has 2 aromatic rings. The summed E-state index contributed by atoms with van der Waals surface area (Å²) in [4.78, 5) is 37.8. The molecule has 8 nitrogen and oxygen atoms in total. The second kappa shape index (κ2) is 7.04. The monoisotopic (exact) mass is 407 g/mol. The Hall–Kier alpha value is -3.03. The van der Waals surface area contributed by atoms with Crippen molar-refractivity contribution in [1.82, 2.24) is 25.6 Å². The highest BCUT2D eigenvalue weighted by Crippen LogP contribution is 2.57. The van der Waals surface area contributed by atoms with Gasteiger partial charge in [-0.05, 0) is 75.5 Å². The molecule has 8 heteroatoms. The van der Waals surface area contributed by atoms with Gasteiger partial charge in [0.15, 0.2) is 0 Å². The van der Waals surface area contributed by atoms with Crippen molar-refractivity contribution in [3.05, 3.63) is 48.0 Å². The Morgan fingerprint density at radius 3 is 2.40 bits per heavy atom. The lowest BCUT2D eigenvalue weighted by Gasteiger charge is -2.61. The number of rotatable bonds is 4. The Bertz CT molecular complexity index is 966. The zero-order valence-corrected chi connectivity index (χ0v) is 16.9. The van der Waals surface area contributed by atoms with E-state index in [4.69, 9.17) is 4.74 Å². The van der Waals surface area contributed by atoms with Crippen LogP contribution in [0.4, 0.5) is 4.79 Å². The molecule has 4 bridgehead atoms. The van der Waals surface area contributed by atoms with E-state index in [1.165, 1.54) is 0 Å². The molecule has 0 spiro atoms. The average Bonchev–Trinajstić information content (AvgIpc) is 2.66. The maximum Gasteiger partial charge on any atom is 0.415 e. The number of amides is 2. The molecule has 2 heterocycles. The highest BCUT2D eigenvalue weighted by Gasteiger charge is 2.59. The quantitative estimate of drug-likeness (QED) is 0.807. The van der Waals surface area contributed by atoms with Gasteiger partial charge in [0.25, 0.3) is 5.91 Å². The summed E-state index contributed by atoms with van der Waals surface area (Å²) >= 11 is 0. The fourth-order valence-corrected chi connectivity index (χ4v) is 6.16. The molecular formula is C22H25N5O3. The Balaban J connectivity index is 1.32. The van der Waals surface area contributed by atoms with Gasteiger partial charge in [0.05, 0.1) is 0 Å². The molecule has 4 fully saturated rings. The van der Waals surface area contributed by atoms with Gasteiger partial charge in [-0.3, -0.25) is 9.78 Å². The number of pyridine rings is 1. The Morgan fingerprint density at radius 2 is 1.73 bits per heavy atom. The number of ether oxygens (including phenoxy) is 1. The highest BCUT2D eigenvalue weighted by atomic mass is 16.6. The number of hydrogen-bond acceptors (Lipinski definition) is 6. The SMILES string of the molecule is Cc1ccnc(OC(=O)NC23CC4CC(C2)CC(NC(=O)c2ccccn2)(C4)C3)n1. The molecule has 0 saturated heterocycles. The number of aryl methyl sites for hydroxylation is 1. The summed E-state index contributed by atoms with van der Waals surface area (Å²) in [5.74, 6) is 0.806. The predicted molar refractivity (Wildman–Crippen MR) is 108 cm³/mol. The number of carbonyl (C=O) groups excluding carboxylic acids is 2. The normalized spacial score (nSPS) is 31.2. The summed E-state index contributed by atoms with van der Waals surface area (Å²) in [5.41, 5.74) is 0.471. The van der Waals surface area contributed by atoms with Gasteiger partial charge in [-0.25, -0.2) is 14.8 Å². The molecule has 0 aromatic carbocycles. The van der Waals surface area contributed by atoms with E-state index in [2.05, 4.69) is 25.6 Å². The Kier molecular flexibility index (Phi) is 4.45. The molecule has 2 amide bonds. The van der Waals surface area contributed by atoms with Gasteiger partial charge in [0.1, 0.15) is 5.69 Å². The molecule has 2 N–H and O–H groups in total. The van der Waals surface area contributed by atoms with Crippen LogP contribution in [0.1, 0.15) is 54.7 Å². The summed E-state index contributed by atoms with van der Waals surface area (Å²) in [5, 5.41) is 6.40.